The van der Waals surface area contributed by atoms with Crippen molar-refractivity contribution in [2.24, 2.45) is 0 Å². The van der Waals surface area contributed by atoms with E-state index < -0.39 is 5.97 Å². The summed E-state index contributed by atoms with van der Waals surface area (Å²) in [5.74, 6) is -0.315. The topological polar surface area (TPSA) is 75.6 Å². The van der Waals surface area contributed by atoms with Crippen molar-refractivity contribution >= 4 is 17.8 Å². The zero-order valence-electron chi connectivity index (χ0n) is 12.3. The number of aliphatic carboxylic acids is 1. The fraction of sp³-hybridized carbons (Fsp3) is 0.412. The van der Waals surface area contributed by atoms with Crippen LogP contribution in [0.4, 0.5) is 0 Å². The van der Waals surface area contributed by atoms with Crippen LogP contribution in [0.25, 0.3) is 6.08 Å². The quantitative estimate of drug-likeness (QED) is 0.820. The van der Waals surface area contributed by atoms with Gasteiger partial charge in [0, 0.05) is 12.5 Å². The van der Waals surface area contributed by atoms with E-state index in [1.165, 1.54) is 6.08 Å². The molecule has 0 bridgehead atoms. The van der Waals surface area contributed by atoms with Crippen molar-refractivity contribution in [1.29, 1.82) is 0 Å². The molecule has 2 N–H and O–H groups in total. The fourth-order valence-electron chi connectivity index (χ4n) is 3.16. The van der Waals surface area contributed by atoms with E-state index in [0.29, 0.717) is 23.3 Å². The summed E-state index contributed by atoms with van der Waals surface area (Å²) in [4.78, 5) is 23.1. The molecular weight excluding hydrogens is 282 g/mol. The van der Waals surface area contributed by atoms with Gasteiger partial charge in [0.2, 0.25) is 0 Å². The lowest BCUT2D eigenvalue weighted by atomic mass is 9.84. The summed E-state index contributed by atoms with van der Waals surface area (Å²) in [6, 6.07) is 5.26. The highest BCUT2D eigenvalue weighted by Gasteiger charge is 2.40. The molecule has 2 aliphatic heterocycles. The van der Waals surface area contributed by atoms with Gasteiger partial charge in [0.15, 0.2) is 5.78 Å². The first-order chi connectivity index (χ1) is 10.6. The van der Waals surface area contributed by atoms with Crippen molar-refractivity contribution < 1.29 is 19.4 Å². The summed E-state index contributed by atoms with van der Waals surface area (Å²) in [5, 5.41) is 12.0. The summed E-state index contributed by atoms with van der Waals surface area (Å²) in [6.45, 7) is 1.83. The average Bonchev–Trinajstić information content (AvgIpc) is 2.71. The Labute approximate surface area is 129 Å². The Hall–Kier alpha value is -2.14. The van der Waals surface area contributed by atoms with E-state index in [1.54, 1.807) is 18.2 Å². The van der Waals surface area contributed by atoms with Gasteiger partial charge in [-0.2, -0.15) is 0 Å². The van der Waals surface area contributed by atoms with E-state index in [0.717, 1.165) is 38.4 Å². The standard InChI is InChI=1S/C17H19NO4/c19-14-11-17(6-1-8-18-9-7-17)22-15-4-2-12(10-13(14)15)3-5-16(20)21/h2-5,10,18H,1,6-9,11H2,(H,20,21)/b5-3+. The Bertz CT molecular complexity index is 628. The first-order valence-electron chi connectivity index (χ1n) is 7.56. The summed E-state index contributed by atoms with van der Waals surface area (Å²) in [7, 11) is 0. The largest absolute Gasteiger partial charge is 0.486 e. The van der Waals surface area contributed by atoms with Crippen molar-refractivity contribution in [2.75, 3.05) is 13.1 Å². The van der Waals surface area contributed by atoms with Crippen molar-refractivity contribution in [3.05, 3.63) is 35.4 Å². The summed E-state index contributed by atoms with van der Waals surface area (Å²) in [6.07, 6.45) is 5.66. The lowest BCUT2D eigenvalue weighted by Crippen LogP contribution is -2.42. The smallest absolute Gasteiger partial charge is 0.328 e. The van der Waals surface area contributed by atoms with Crippen LogP contribution in [-0.2, 0) is 4.79 Å². The van der Waals surface area contributed by atoms with Gasteiger partial charge in [-0.15, -0.1) is 0 Å². The van der Waals surface area contributed by atoms with Gasteiger partial charge in [0.05, 0.1) is 12.0 Å². The number of fused-ring (bicyclic) bond motifs is 1. The van der Waals surface area contributed by atoms with Gasteiger partial charge >= 0.3 is 5.97 Å². The van der Waals surface area contributed by atoms with Crippen molar-refractivity contribution in [3.8, 4) is 5.75 Å². The van der Waals surface area contributed by atoms with Gasteiger partial charge in [-0.25, -0.2) is 4.79 Å². The minimum absolute atomic E-state index is 0.0775. The molecule has 0 aromatic heterocycles. The predicted octanol–water partition coefficient (Wildman–Crippen LogP) is 2.26. The van der Waals surface area contributed by atoms with Crippen molar-refractivity contribution in [3.63, 3.8) is 0 Å². The first-order valence-corrected chi connectivity index (χ1v) is 7.56. The number of hydrogen-bond acceptors (Lipinski definition) is 4. The molecule has 22 heavy (non-hydrogen) atoms. The monoisotopic (exact) mass is 301 g/mol. The van der Waals surface area contributed by atoms with Crippen LogP contribution in [0.5, 0.6) is 5.75 Å². The van der Waals surface area contributed by atoms with E-state index in [-0.39, 0.29) is 11.4 Å². The van der Waals surface area contributed by atoms with E-state index in [4.69, 9.17) is 9.84 Å². The van der Waals surface area contributed by atoms with Gasteiger partial charge in [-0.3, -0.25) is 4.79 Å². The van der Waals surface area contributed by atoms with E-state index >= 15 is 0 Å². The second-order valence-electron chi connectivity index (χ2n) is 5.92. The molecule has 1 saturated heterocycles. The highest BCUT2D eigenvalue weighted by molar-refractivity contribution is 6.01. The molecule has 0 aliphatic carbocycles. The molecule has 2 heterocycles. The number of Topliss-reactive ketones (excluding diaryl/α,β-unsaturated/α-hetero) is 1. The molecule has 3 rings (SSSR count). The molecule has 5 heteroatoms. The highest BCUT2D eigenvalue weighted by Crippen LogP contribution is 2.39. The maximum Gasteiger partial charge on any atom is 0.328 e. The maximum atomic E-state index is 12.5. The number of rotatable bonds is 2. The van der Waals surface area contributed by atoms with Crippen molar-refractivity contribution in [1.82, 2.24) is 5.32 Å². The Balaban J connectivity index is 1.88. The van der Waals surface area contributed by atoms with Crippen LogP contribution in [0, 0.1) is 0 Å². The molecule has 1 spiro atoms. The summed E-state index contributed by atoms with van der Waals surface area (Å²) >= 11 is 0. The number of benzene rings is 1. The molecular formula is C17H19NO4. The van der Waals surface area contributed by atoms with Crippen molar-refractivity contribution in [2.45, 2.75) is 31.3 Å². The van der Waals surface area contributed by atoms with Gasteiger partial charge in [-0.05, 0) is 49.7 Å². The third kappa shape index (κ3) is 3.04. The van der Waals surface area contributed by atoms with Gasteiger partial charge in [0.25, 0.3) is 0 Å². The lowest BCUT2D eigenvalue weighted by molar-refractivity contribution is -0.131. The Kier molecular flexibility index (Phi) is 3.98. The van der Waals surface area contributed by atoms with E-state index in [2.05, 4.69) is 5.32 Å². The van der Waals surface area contributed by atoms with Crippen LogP contribution in [0.1, 0.15) is 41.6 Å². The molecule has 1 aromatic rings. The number of nitrogens with one attached hydrogen (secondary N) is 1. The van der Waals surface area contributed by atoms with Crippen LogP contribution in [0.3, 0.4) is 0 Å². The minimum atomic E-state index is -1.01. The average molecular weight is 301 g/mol. The predicted molar refractivity (Wildman–Crippen MR) is 82.1 cm³/mol. The maximum absolute atomic E-state index is 12.5. The number of hydrogen-bond donors (Lipinski definition) is 2. The van der Waals surface area contributed by atoms with Crippen LogP contribution in [0.15, 0.2) is 24.3 Å². The number of carbonyl (C=O) groups is 2. The molecule has 2 aliphatic rings. The van der Waals surface area contributed by atoms with Gasteiger partial charge < -0.3 is 15.2 Å². The number of carboxylic acids is 1. The van der Waals surface area contributed by atoms with Crippen LogP contribution in [0.2, 0.25) is 0 Å². The molecule has 0 saturated carbocycles. The second kappa shape index (κ2) is 5.93. The third-order valence-corrected chi connectivity index (χ3v) is 4.27. The van der Waals surface area contributed by atoms with Crippen LogP contribution in [-0.4, -0.2) is 35.5 Å². The van der Waals surface area contributed by atoms with Gasteiger partial charge in [0.1, 0.15) is 11.4 Å². The lowest BCUT2D eigenvalue weighted by Gasteiger charge is -2.37. The molecule has 1 atom stereocenters. The molecule has 116 valence electrons. The Morgan fingerprint density at radius 2 is 2.18 bits per heavy atom. The normalized spacial score (nSPS) is 24.8. The molecule has 0 radical (unpaired) electrons. The molecule has 1 fully saturated rings. The van der Waals surface area contributed by atoms with E-state index in [9.17, 15) is 9.59 Å². The van der Waals surface area contributed by atoms with Crippen LogP contribution >= 0.6 is 0 Å². The number of carbonyl (C=O) groups excluding carboxylic acids is 1. The third-order valence-electron chi connectivity index (χ3n) is 4.27. The summed E-state index contributed by atoms with van der Waals surface area (Å²) < 4.78 is 6.19. The SMILES string of the molecule is O=C(O)/C=C/c1ccc2c(c1)C(=O)CC1(CCCNCC1)O2. The number of carboxylic acid groups (broad SMARTS) is 1. The highest BCUT2D eigenvalue weighted by atomic mass is 16.5. The fourth-order valence-corrected chi connectivity index (χ4v) is 3.16. The number of ketones is 1. The first kappa shape index (κ1) is 14.8. The molecule has 0 amide bonds. The van der Waals surface area contributed by atoms with Gasteiger partial charge in [-0.1, -0.05) is 6.07 Å². The molecule has 5 nitrogen and oxygen atoms in total. The Morgan fingerprint density at radius 3 is 3.00 bits per heavy atom. The minimum Gasteiger partial charge on any atom is -0.486 e. The zero-order chi connectivity index (χ0) is 15.6. The molecule has 1 unspecified atom stereocenters. The second-order valence-corrected chi connectivity index (χ2v) is 5.92. The Morgan fingerprint density at radius 1 is 1.32 bits per heavy atom. The van der Waals surface area contributed by atoms with E-state index in [1.807, 2.05) is 0 Å². The summed E-state index contributed by atoms with van der Waals surface area (Å²) in [5.41, 5.74) is 0.860. The van der Waals surface area contributed by atoms with Crippen LogP contribution < -0.4 is 10.1 Å². The number of ether oxygens (including phenoxy) is 1. The molecule has 1 aromatic carbocycles. The zero-order valence-corrected chi connectivity index (χ0v) is 12.3.